The Morgan fingerprint density at radius 1 is 1.15 bits per heavy atom. The van der Waals surface area contributed by atoms with Crippen molar-refractivity contribution in [2.24, 2.45) is 5.73 Å². The Balaban J connectivity index is 2.48. The van der Waals surface area contributed by atoms with Crippen LogP contribution in [0.15, 0.2) is 12.1 Å². The first-order chi connectivity index (χ1) is 6.11. The maximum Gasteiger partial charge on any atom is 0.165 e. The van der Waals surface area contributed by atoms with E-state index in [1.807, 2.05) is 0 Å². The summed E-state index contributed by atoms with van der Waals surface area (Å²) in [7, 11) is 0. The van der Waals surface area contributed by atoms with E-state index in [1.54, 1.807) is 0 Å². The highest BCUT2D eigenvalue weighted by molar-refractivity contribution is 5.31. The molecule has 0 aromatic heterocycles. The van der Waals surface area contributed by atoms with Crippen LogP contribution in [0.3, 0.4) is 0 Å². The van der Waals surface area contributed by atoms with Crippen molar-refractivity contribution in [1.29, 1.82) is 0 Å². The van der Waals surface area contributed by atoms with Gasteiger partial charge in [-0.05, 0) is 18.6 Å². The van der Waals surface area contributed by atoms with Crippen molar-refractivity contribution >= 4 is 0 Å². The molecule has 2 rings (SSSR count). The summed E-state index contributed by atoms with van der Waals surface area (Å²) in [5.41, 5.74) is 5.23. The minimum absolute atomic E-state index is 0.201. The zero-order chi connectivity index (χ0) is 9.59. The number of hydrogen-bond acceptors (Lipinski definition) is 1. The van der Waals surface area contributed by atoms with Crippen molar-refractivity contribution in [2.45, 2.75) is 18.4 Å². The van der Waals surface area contributed by atoms with Gasteiger partial charge in [0.15, 0.2) is 11.6 Å². The molecule has 1 aliphatic carbocycles. The third kappa shape index (κ3) is 1.31. The van der Waals surface area contributed by atoms with Gasteiger partial charge in [0.25, 0.3) is 0 Å². The lowest BCUT2D eigenvalue weighted by Crippen LogP contribution is -2.05. The Labute approximate surface area is 73.4 Å². The summed E-state index contributed by atoms with van der Waals surface area (Å²) >= 11 is 0. The van der Waals surface area contributed by atoms with Crippen LogP contribution in [-0.2, 0) is 0 Å². The molecule has 1 aromatic carbocycles. The van der Waals surface area contributed by atoms with Gasteiger partial charge in [0.2, 0.25) is 0 Å². The van der Waals surface area contributed by atoms with Gasteiger partial charge in [0.1, 0.15) is 5.82 Å². The van der Waals surface area contributed by atoms with E-state index in [0.29, 0.717) is 6.42 Å². The summed E-state index contributed by atoms with van der Waals surface area (Å²) in [5, 5.41) is 0. The molecule has 0 spiro atoms. The smallest absolute Gasteiger partial charge is 0.165 e. The minimum atomic E-state index is -1.10. The molecule has 1 aromatic rings. The monoisotopic (exact) mass is 187 g/mol. The first kappa shape index (κ1) is 8.56. The van der Waals surface area contributed by atoms with E-state index in [4.69, 9.17) is 5.73 Å². The number of rotatable bonds is 1. The molecular weight excluding hydrogens is 179 g/mol. The Hall–Kier alpha value is -1.03. The van der Waals surface area contributed by atoms with Crippen LogP contribution in [0.1, 0.15) is 17.9 Å². The summed E-state index contributed by atoms with van der Waals surface area (Å²) in [6, 6.07) is 1.48. The first-order valence-electron chi connectivity index (χ1n) is 4.00. The third-order valence-electron chi connectivity index (χ3n) is 2.29. The number of hydrogen-bond donors (Lipinski definition) is 1. The van der Waals surface area contributed by atoms with Crippen LogP contribution < -0.4 is 5.73 Å². The van der Waals surface area contributed by atoms with Gasteiger partial charge in [-0.3, -0.25) is 0 Å². The van der Waals surface area contributed by atoms with E-state index >= 15 is 0 Å². The van der Waals surface area contributed by atoms with Gasteiger partial charge in [-0.15, -0.1) is 0 Å². The molecule has 0 heterocycles. The lowest BCUT2D eigenvalue weighted by molar-refractivity contribution is 0.479. The predicted molar refractivity (Wildman–Crippen MR) is 41.6 cm³/mol. The Morgan fingerprint density at radius 3 is 2.23 bits per heavy atom. The normalized spacial score (nSPS) is 26.2. The van der Waals surface area contributed by atoms with Crippen LogP contribution in [-0.4, -0.2) is 6.04 Å². The maximum atomic E-state index is 13.1. The van der Waals surface area contributed by atoms with Gasteiger partial charge in [-0.2, -0.15) is 0 Å². The molecule has 0 saturated heterocycles. The van der Waals surface area contributed by atoms with E-state index in [-0.39, 0.29) is 17.5 Å². The third-order valence-corrected chi connectivity index (χ3v) is 2.29. The second kappa shape index (κ2) is 2.73. The van der Waals surface area contributed by atoms with Crippen molar-refractivity contribution < 1.29 is 13.2 Å². The van der Waals surface area contributed by atoms with Crippen molar-refractivity contribution in [1.82, 2.24) is 0 Å². The largest absolute Gasteiger partial charge is 0.327 e. The number of benzene rings is 1. The molecule has 70 valence electrons. The minimum Gasteiger partial charge on any atom is -0.327 e. The lowest BCUT2D eigenvalue weighted by Gasteiger charge is -2.03. The molecule has 0 bridgehead atoms. The van der Waals surface area contributed by atoms with Gasteiger partial charge in [-0.1, -0.05) is 0 Å². The topological polar surface area (TPSA) is 26.0 Å². The van der Waals surface area contributed by atoms with E-state index in [0.717, 1.165) is 12.1 Å². The molecule has 1 aliphatic rings. The van der Waals surface area contributed by atoms with Crippen LogP contribution in [0, 0.1) is 17.5 Å². The van der Waals surface area contributed by atoms with Crippen LogP contribution in [0.5, 0.6) is 0 Å². The molecule has 1 saturated carbocycles. The molecule has 2 atom stereocenters. The zero-order valence-electron chi connectivity index (χ0n) is 6.73. The fraction of sp³-hybridized carbons (Fsp3) is 0.333. The highest BCUT2D eigenvalue weighted by Crippen LogP contribution is 2.41. The van der Waals surface area contributed by atoms with Gasteiger partial charge >= 0.3 is 0 Å². The highest BCUT2D eigenvalue weighted by atomic mass is 19.2. The summed E-state index contributed by atoms with van der Waals surface area (Å²) < 4.78 is 38.8. The molecular formula is C9H8F3N. The van der Waals surface area contributed by atoms with E-state index in [9.17, 15) is 13.2 Å². The SMILES string of the molecule is NC1CC1c1c(F)ccc(F)c1F. The number of halogens is 3. The van der Waals surface area contributed by atoms with Crippen LogP contribution >= 0.6 is 0 Å². The summed E-state index contributed by atoms with van der Waals surface area (Å²) in [6.45, 7) is 0. The van der Waals surface area contributed by atoms with E-state index < -0.39 is 17.5 Å². The highest BCUT2D eigenvalue weighted by Gasteiger charge is 2.39. The average molecular weight is 187 g/mol. The maximum absolute atomic E-state index is 13.1. The van der Waals surface area contributed by atoms with Crippen LogP contribution in [0.2, 0.25) is 0 Å². The molecule has 1 nitrogen and oxygen atoms in total. The molecule has 1 fully saturated rings. The Bertz CT molecular complexity index is 351. The fourth-order valence-electron chi connectivity index (χ4n) is 1.43. The van der Waals surface area contributed by atoms with Gasteiger partial charge in [-0.25, -0.2) is 13.2 Å². The average Bonchev–Trinajstić information content (AvgIpc) is 2.76. The summed E-state index contributed by atoms with van der Waals surface area (Å²) in [4.78, 5) is 0. The molecule has 2 unspecified atom stereocenters. The standard InChI is InChI=1S/C9H8F3N/c10-5-1-2-6(11)9(12)8(5)4-3-7(4)13/h1-2,4,7H,3,13H2. The van der Waals surface area contributed by atoms with Crippen molar-refractivity contribution in [3.63, 3.8) is 0 Å². The van der Waals surface area contributed by atoms with Gasteiger partial charge < -0.3 is 5.73 Å². The second-order valence-electron chi connectivity index (χ2n) is 3.26. The fourth-order valence-corrected chi connectivity index (χ4v) is 1.43. The van der Waals surface area contributed by atoms with Crippen molar-refractivity contribution in [3.8, 4) is 0 Å². The molecule has 2 N–H and O–H groups in total. The summed E-state index contributed by atoms with van der Waals surface area (Å²) in [5.74, 6) is -3.18. The number of nitrogens with two attached hydrogens (primary N) is 1. The molecule has 0 amide bonds. The van der Waals surface area contributed by atoms with Crippen LogP contribution in [0.25, 0.3) is 0 Å². The van der Waals surface area contributed by atoms with Crippen molar-refractivity contribution in [3.05, 3.63) is 35.1 Å². The molecule has 4 heteroatoms. The zero-order valence-corrected chi connectivity index (χ0v) is 6.73. The van der Waals surface area contributed by atoms with E-state index in [2.05, 4.69) is 0 Å². The first-order valence-corrected chi connectivity index (χ1v) is 4.00. The summed E-state index contributed by atoms with van der Waals surface area (Å²) in [6.07, 6.45) is 0.525. The van der Waals surface area contributed by atoms with E-state index in [1.165, 1.54) is 0 Å². The lowest BCUT2D eigenvalue weighted by atomic mass is 10.1. The molecule has 0 aliphatic heterocycles. The molecule has 13 heavy (non-hydrogen) atoms. The van der Waals surface area contributed by atoms with Crippen LogP contribution in [0.4, 0.5) is 13.2 Å². The Morgan fingerprint density at radius 2 is 1.69 bits per heavy atom. The second-order valence-corrected chi connectivity index (χ2v) is 3.26. The quantitative estimate of drug-likeness (QED) is 0.668. The van der Waals surface area contributed by atoms with Gasteiger partial charge in [0, 0.05) is 17.5 Å². The van der Waals surface area contributed by atoms with Gasteiger partial charge in [0.05, 0.1) is 0 Å². The van der Waals surface area contributed by atoms with Crippen molar-refractivity contribution in [2.75, 3.05) is 0 Å². The Kier molecular flexibility index (Phi) is 1.80. The predicted octanol–water partition coefficient (Wildman–Crippen LogP) is 1.92. The molecule has 0 radical (unpaired) electrons.